The van der Waals surface area contributed by atoms with Gasteiger partial charge in [-0.15, -0.1) is 0 Å². The molecule has 2 atom stereocenters. The molecule has 178 valence electrons. The smallest absolute Gasteiger partial charge is 0.260 e. The summed E-state index contributed by atoms with van der Waals surface area (Å²) in [7, 11) is 0. The maximum absolute atomic E-state index is 13.2. The van der Waals surface area contributed by atoms with Gasteiger partial charge in [-0.25, -0.2) is 4.39 Å². The van der Waals surface area contributed by atoms with E-state index in [2.05, 4.69) is 17.1 Å². The van der Waals surface area contributed by atoms with E-state index in [0.29, 0.717) is 42.5 Å². The first-order valence-electron chi connectivity index (χ1n) is 11.3. The fourth-order valence-corrected chi connectivity index (χ4v) is 4.15. The second-order valence-corrected chi connectivity index (χ2v) is 8.96. The van der Waals surface area contributed by atoms with E-state index in [9.17, 15) is 14.0 Å². The number of carbonyl (C=O) groups excluding carboxylic acids is 2. The summed E-state index contributed by atoms with van der Waals surface area (Å²) < 4.78 is 19.0. The normalized spacial score (nSPS) is 18.8. The van der Waals surface area contributed by atoms with Crippen molar-refractivity contribution < 1.29 is 18.7 Å². The first-order valence-corrected chi connectivity index (χ1v) is 11.6. The second kappa shape index (κ2) is 11.5. The molecule has 1 aliphatic rings. The maximum atomic E-state index is 13.2. The number of nitrogens with zero attached hydrogens (tertiary/aromatic N) is 2. The Hall–Kier alpha value is -2.64. The molecule has 0 aromatic heterocycles. The average Bonchev–Trinajstić information content (AvgIpc) is 2.77. The van der Waals surface area contributed by atoms with Crippen LogP contribution in [0.2, 0.25) is 5.02 Å². The van der Waals surface area contributed by atoms with Gasteiger partial charge >= 0.3 is 0 Å². The van der Waals surface area contributed by atoms with Crippen molar-refractivity contribution in [2.24, 2.45) is 0 Å². The molecule has 1 fully saturated rings. The Morgan fingerprint density at radius 2 is 1.85 bits per heavy atom. The van der Waals surface area contributed by atoms with Crippen molar-refractivity contribution in [3.63, 3.8) is 0 Å². The number of hydrogen-bond acceptors (Lipinski definition) is 4. The van der Waals surface area contributed by atoms with Gasteiger partial charge in [0.1, 0.15) is 11.6 Å². The van der Waals surface area contributed by atoms with Crippen molar-refractivity contribution in [2.45, 2.75) is 52.2 Å². The molecule has 33 heavy (non-hydrogen) atoms. The van der Waals surface area contributed by atoms with Crippen LogP contribution >= 0.6 is 11.6 Å². The van der Waals surface area contributed by atoms with Gasteiger partial charge in [-0.05, 0) is 56.2 Å². The monoisotopic (exact) mass is 475 g/mol. The van der Waals surface area contributed by atoms with Crippen LogP contribution in [0.5, 0.6) is 5.75 Å². The lowest BCUT2D eigenvalue weighted by Gasteiger charge is -2.44. The number of nitrogens with one attached hydrogen (secondary N) is 1. The molecule has 0 saturated carbocycles. The summed E-state index contributed by atoms with van der Waals surface area (Å²) in [6.45, 7) is 7.88. The van der Waals surface area contributed by atoms with E-state index in [4.69, 9.17) is 16.3 Å². The van der Waals surface area contributed by atoms with Crippen molar-refractivity contribution in [2.75, 3.05) is 25.0 Å². The molecule has 3 rings (SSSR count). The number of carbonyl (C=O) groups is 2. The topological polar surface area (TPSA) is 61.9 Å². The molecular formula is C25H31ClFN3O3. The molecule has 0 aliphatic carbocycles. The standard InChI is InChI=1S/C25H31ClFN3O3/c1-4-5-24(31)28-22-12-20(26)8-11-23(22)33-16-25(32)30-14-17(2)29(13-18(30)3)15-19-6-9-21(27)10-7-19/h6-12,17-18H,4-5,13-16H2,1-3H3,(H,28,31)/t17-,18+/m0/s1. The van der Waals surface area contributed by atoms with Gasteiger partial charge in [-0.1, -0.05) is 30.7 Å². The van der Waals surface area contributed by atoms with Gasteiger partial charge in [0.15, 0.2) is 6.61 Å². The quantitative estimate of drug-likeness (QED) is 0.600. The Kier molecular flexibility index (Phi) is 8.69. The number of benzene rings is 2. The highest BCUT2D eigenvalue weighted by Crippen LogP contribution is 2.28. The number of hydrogen-bond donors (Lipinski definition) is 1. The summed E-state index contributed by atoms with van der Waals surface area (Å²) in [6.07, 6.45) is 1.12. The van der Waals surface area contributed by atoms with Gasteiger partial charge in [-0.2, -0.15) is 0 Å². The molecule has 2 aromatic rings. The van der Waals surface area contributed by atoms with E-state index >= 15 is 0 Å². The van der Waals surface area contributed by atoms with E-state index < -0.39 is 0 Å². The van der Waals surface area contributed by atoms with E-state index in [-0.39, 0.29) is 36.3 Å². The fourth-order valence-electron chi connectivity index (χ4n) is 3.98. The molecule has 2 aromatic carbocycles. The summed E-state index contributed by atoms with van der Waals surface area (Å²) in [5, 5.41) is 3.27. The summed E-state index contributed by atoms with van der Waals surface area (Å²) >= 11 is 6.07. The number of piperazine rings is 1. The Balaban J connectivity index is 1.59. The van der Waals surface area contributed by atoms with Crippen molar-refractivity contribution in [3.05, 3.63) is 58.9 Å². The largest absolute Gasteiger partial charge is 0.482 e. The van der Waals surface area contributed by atoms with Crippen LogP contribution in [-0.4, -0.2) is 53.4 Å². The van der Waals surface area contributed by atoms with Crippen LogP contribution in [0.25, 0.3) is 0 Å². The molecule has 1 heterocycles. The molecule has 0 bridgehead atoms. The van der Waals surface area contributed by atoms with E-state index in [1.165, 1.54) is 12.1 Å². The van der Waals surface area contributed by atoms with Gasteiger partial charge in [0.25, 0.3) is 5.91 Å². The molecule has 0 radical (unpaired) electrons. The molecule has 1 saturated heterocycles. The molecule has 6 nitrogen and oxygen atoms in total. The van der Waals surface area contributed by atoms with Crippen molar-refractivity contribution in [3.8, 4) is 5.75 Å². The molecule has 2 amide bonds. The molecule has 0 spiro atoms. The summed E-state index contributed by atoms with van der Waals surface area (Å²) in [5.41, 5.74) is 1.50. The Bertz CT molecular complexity index is 970. The minimum absolute atomic E-state index is 0.00620. The van der Waals surface area contributed by atoms with Crippen LogP contribution in [0.15, 0.2) is 42.5 Å². The highest BCUT2D eigenvalue weighted by Gasteiger charge is 2.32. The predicted octanol–water partition coefficient (Wildman–Crippen LogP) is 4.72. The number of anilines is 1. The van der Waals surface area contributed by atoms with Crippen LogP contribution in [0.1, 0.15) is 39.2 Å². The number of ether oxygens (including phenoxy) is 1. The van der Waals surface area contributed by atoms with Crippen LogP contribution < -0.4 is 10.1 Å². The minimum Gasteiger partial charge on any atom is -0.482 e. The lowest BCUT2D eigenvalue weighted by Crippen LogP contribution is -2.58. The third-order valence-corrected chi connectivity index (χ3v) is 6.01. The lowest BCUT2D eigenvalue weighted by molar-refractivity contribution is -0.139. The number of halogens is 2. The van der Waals surface area contributed by atoms with Gasteiger partial charge in [0.05, 0.1) is 5.69 Å². The summed E-state index contributed by atoms with van der Waals surface area (Å²) in [4.78, 5) is 29.1. The molecule has 1 aliphatic heterocycles. The average molecular weight is 476 g/mol. The van der Waals surface area contributed by atoms with Crippen LogP contribution in [0.4, 0.5) is 10.1 Å². The number of rotatable bonds is 8. The predicted molar refractivity (Wildman–Crippen MR) is 128 cm³/mol. The van der Waals surface area contributed by atoms with E-state index in [0.717, 1.165) is 12.0 Å². The SMILES string of the molecule is CCCC(=O)Nc1cc(Cl)ccc1OCC(=O)N1C[C@H](C)N(Cc2ccc(F)cc2)C[C@H]1C. The van der Waals surface area contributed by atoms with E-state index in [1.807, 2.05) is 18.7 Å². The van der Waals surface area contributed by atoms with E-state index in [1.54, 1.807) is 30.3 Å². The van der Waals surface area contributed by atoms with Crippen molar-refractivity contribution in [1.82, 2.24) is 9.80 Å². The summed E-state index contributed by atoms with van der Waals surface area (Å²) in [5.74, 6) is -0.0792. The first kappa shape index (κ1) is 25.0. The molecule has 1 N–H and O–H groups in total. The number of amides is 2. The summed E-state index contributed by atoms with van der Waals surface area (Å²) in [6, 6.07) is 11.6. The maximum Gasteiger partial charge on any atom is 0.260 e. The third kappa shape index (κ3) is 6.92. The van der Waals surface area contributed by atoms with Crippen LogP contribution in [-0.2, 0) is 16.1 Å². The van der Waals surface area contributed by atoms with Gasteiger partial charge in [0, 0.05) is 43.2 Å². The highest BCUT2D eigenvalue weighted by molar-refractivity contribution is 6.31. The van der Waals surface area contributed by atoms with Gasteiger partial charge < -0.3 is 15.0 Å². The zero-order valence-electron chi connectivity index (χ0n) is 19.3. The van der Waals surface area contributed by atoms with Crippen LogP contribution in [0.3, 0.4) is 0 Å². The van der Waals surface area contributed by atoms with Gasteiger partial charge in [0.2, 0.25) is 5.91 Å². The molecular weight excluding hydrogens is 445 g/mol. The van der Waals surface area contributed by atoms with Crippen LogP contribution in [0, 0.1) is 5.82 Å². The second-order valence-electron chi connectivity index (χ2n) is 8.53. The third-order valence-electron chi connectivity index (χ3n) is 5.78. The van der Waals surface area contributed by atoms with Crippen molar-refractivity contribution in [1.29, 1.82) is 0 Å². The Morgan fingerprint density at radius 1 is 1.12 bits per heavy atom. The fraction of sp³-hybridized carbons (Fsp3) is 0.440. The van der Waals surface area contributed by atoms with Gasteiger partial charge in [-0.3, -0.25) is 14.5 Å². The first-order chi connectivity index (χ1) is 15.8. The Morgan fingerprint density at radius 3 is 2.55 bits per heavy atom. The Labute approximate surface area is 199 Å². The lowest BCUT2D eigenvalue weighted by atomic mass is 10.1. The zero-order chi connectivity index (χ0) is 24.0. The molecule has 0 unspecified atom stereocenters. The minimum atomic E-state index is -0.246. The zero-order valence-corrected chi connectivity index (χ0v) is 20.1. The highest BCUT2D eigenvalue weighted by atomic mass is 35.5. The van der Waals surface area contributed by atoms with Crippen molar-refractivity contribution >= 4 is 29.1 Å². The molecule has 8 heteroatoms.